The van der Waals surface area contributed by atoms with Gasteiger partial charge in [0.2, 0.25) is 0 Å². The highest BCUT2D eigenvalue weighted by atomic mass is 79.9. The van der Waals surface area contributed by atoms with Gasteiger partial charge in [-0.25, -0.2) is 4.99 Å². The molecule has 2 aliphatic carbocycles. The summed E-state index contributed by atoms with van der Waals surface area (Å²) in [4.78, 5) is 19.6. The largest absolute Gasteiger partial charge is 0.493 e. The average Bonchev–Trinajstić information content (AvgIpc) is 3.34. The number of hydrogen-bond acceptors (Lipinski definition) is 6. The molecule has 1 fully saturated rings. The fourth-order valence-corrected chi connectivity index (χ4v) is 7.10. The molecule has 1 aromatic heterocycles. The fraction of sp³-hybridized carbons (Fsp3) is 0.387. The standard InChI is InChI=1S/C31H32BrN3O3S/c1-37-26-16-22(15-25(32)29(26)38-19-21-13-11-20(17-33)12-14-21)18-34-31-28(24-9-5-6-10-27(24)39-31)30(36)35-23-7-3-2-4-8-23/h11-16,18,23H,2-10,19H2,1H3,(H,35,36). The molecule has 2 aromatic carbocycles. The SMILES string of the molecule is COc1cc(C=Nc2sc3c(c2C(=O)NC2CCCCC2)CCCC3)cc(Br)c1OCc1ccc(C#N)cc1. The first kappa shape index (κ1) is 27.4. The van der Waals surface area contributed by atoms with Gasteiger partial charge in [0.1, 0.15) is 11.6 Å². The lowest BCUT2D eigenvalue weighted by Gasteiger charge is -2.23. The molecule has 1 N–H and O–H groups in total. The molecule has 1 saturated carbocycles. The molecule has 6 nitrogen and oxygen atoms in total. The molecule has 5 rings (SSSR count). The number of rotatable bonds is 8. The zero-order valence-electron chi connectivity index (χ0n) is 22.1. The summed E-state index contributed by atoms with van der Waals surface area (Å²) < 4.78 is 12.4. The summed E-state index contributed by atoms with van der Waals surface area (Å²) in [7, 11) is 1.61. The highest BCUT2D eigenvalue weighted by Crippen LogP contribution is 2.41. The number of carbonyl (C=O) groups excluding carboxylic acids is 1. The van der Waals surface area contributed by atoms with E-state index in [0.29, 0.717) is 23.7 Å². The van der Waals surface area contributed by atoms with Crippen molar-refractivity contribution in [2.75, 3.05) is 7.11 Å². The minimum atomic E-state index is 0.0266. The third-order valence-electron chi connectivity index (χ3n) is 7.37. The quantitative estimate of drug-likeness (QED) is 0.267. The van der Waals surface area contributed by atoms with Gasteiger partial charge in [0.25, 0.3) is 5.91 Å². The van der Waals surface area contributed by atoms with E-state index in [9.17, 15) is 4.79 Å². The number of methoxy groups -OCH3 is 1. The first-order valence-electron chi connectivity index (χ1n) is 13.5. The Kier molecular flexibility index (Phi) is 9.00. The summed E-state index contributed by atoms with van der Waals surface area (Å²) in [6.07, 6.45) is 11.8. The van der Waals surface area contributed by atoms with Crippen LogP contribution in [0.5, 0.6) is 11.5 Å². The molecule has 0 unspecified atom stereocenters. The molecular formula is C31H32BrN3O3S. The van der Waals surface area contributed by atoms with E-state index in [2.05, 4.69) is 27.3 Å². The van der Waals surface area contributed by atoms with Gasteiger partial charge in [0.15, 0.2) is 11.5 Å². The molecule has 0 bridgehead atoms. The van der Waals surface area contributed by atoms with Crippen molar-refractivity contribution in [1.82, 2.24) is 5.32 Å². The second-order valence-corrected chi connectivity index (χ2v) is 12.0. The lowest BCUT2D eigenvalue weighted by atomic mass is 9.93. The number of ether oxygens (including phenoxy) is 2. The first-order chi connectivity index (χ1) is 19.1. The van der Waals surface area contributed by atoms with Crippen molar-refractivity contribution in [1.29, 1.82) is 5.26 Å². The van der Waals surface area contributed by atoms with E-state index >= 15 is 0 Å². The highest BCUT2D eigenvalue weighted by Gasteiger charge is 2.27. The maximum Gasteiger partial charge on any atom is 0.254 e. The zero-order valence-corrected chi connectivity index (χ0v) is 24.5. The molecule has 3 aromatic rings. The predicted molar refractivity (Wildman–Crippen MR) is 159 cm³/mol. The van der Waals surface area contributed by atoms with Crippen LogP contribution in [0.3, 0.4) is 0 Å². The Bertz CT molecular complexity index is 1400. The van der Waals surface area contributed by atoms with Crippen LogP contribution in [0.15, 0.2) is 45.9 Å². The maximum atomic E-state index is 13.5. The van der Waals surface area contributed by atoms with Gasteiger partial charge in [0, 0.05) is 17.1 Å². The Hall–Kier alpha value is -3.15. The zero-order chi connectivity index (χ0) is 27.2. The number of amides is 1. The summed E-state index contributed by atoms with van der Waals surface area (Å²) in [6.45, 7) is 0.342. The number of carbonyl (C=O) groups is 1. The van der Waals surface area contributed by atoms with Crippen LogP contribution >= 0.6 is 27.3 Å². The molecule has 1 amide bonds. The number of halogens is 1. The van der Waals surface area contributed by atoms with E-state index < -0.39 is 0 Å². The van der Waals surface area contributed by atoms with Gasteiger partial charge >= 0.3 is 0 Å². The molecule has 0 aliphatic heterocycles. The Morgan fingerprint density at radius 2 is 1.92 bits per heavy atom. The lowest BCUT2D eigenvalue weighted by molar-refractivity contribution is 0.0927. The number of benzene rings is 2. The van der Waals surface area contributed by atoms with E-state index in [4.69, 9.17) is 19.7 Å². The highest BCUT2D eigenvalue weighted by molar-refractivity contribution is 9.10. The van der Waals surface area contributed by atoms with Gasteiger partial charge < -0.3 is 14.8 Å². The van der Waals surface area contributed by atoms with Gasteiger partial charge in [-0.2, -0.15) is 5.26 Å². The van der Waals surface area contributed by atoms with E-state index in [1.807, 2.05) is 24.3 Å². The third-order valence-corrected chi connectivity index (χ3v) is 9.16. The molecule has 0 spiro atoms. The number of nitriles is 1. The fourth-order valence-electron chi connectivity index (χ4n) is 5.30. The number of aliphatic imine (C=N–C) groups is 1. The molecule has 2 aliphatic rings. The number of hydrogen-bond donors (Lipinski definition) is 1. The van der Waals surface area contributed by atoms with Crippen LogP contribution in [0, 0.1) is 11.3 Å². The molecule has 0 saturated heterocycles. The molecule has 202 valence electrons. The van der Waals surface area contributed by atoms with Gasteiger partial charge in [-0.3, -0.25) is 4.79 Å². The number of fused-ring (bicyclic) bond motifs is 1. The average molecular weight is 607 g/mol. The van der Waals surface area contributed by atoms with Gasteiger partial charge in [0.05, 0.1) is 28.8 Å². The third kappa shape index (κ3) is 6.54. The Morgan fingerprint density at radius 3 is 2.67 bits per heavy atom. The molecule has 39 heavy (non-hydrogen) atoms. The summed E-state index contributed by atoms with van der Waals surface area (Å²) in [5.41, 5.74) is 4.37. The molecule has 1 heterocycles. The van der Waals surface area contributed by atoms with Crippen molar-refractivity contribution in [3.8, 4) is 17.6 Å². The molecule has 8 heteroatoms. The van der Waals surface area contributed by atoms with Crippen molar-refractivity contribution < 1.29 is 14.3 Å². The van der Waals surface area contributed by atoms with Gasteiger partial charge in [-0.15, -0.1) is 11.3 Å². The van der Waals surface area contributed by atoms with Crippen molar-refractivity contribution in [3.63, 3.8) is 0 Å². The second kappa shape index (κ2) is 12.8. The van der Waals surface area contributed by atoms with Crippen molar-refractivity contribution >= 4 is 44.4 Å². The predicted octanol–water partition coefficient (Wildman–Crippen LogP) is 7.66. The summed E-state index contributed by atoms with van der Waals surface area (Å²) in [5.74, 6) is 1.21. The summed E-state index contributed by atoms with van der Waals surface area (Å²) in [5, 5.41) is 13.1. The van der Waals surface area contributed by atoms with Crippen LogP contribution in [0.2, 0.25) is 0 Å². The van der Waals surface area contributed by atoms with Crippen molar-refractivity contribution in [2.24, 2.45) is 4.99 Å². The smallest absolute Gasteiger partial charge is 0.254 e. The van der Waals surface area contributed by atoms with E-state index in [1.54, 1.807) is 36.8 Å². The maximum absolute atomic E-state index is 13.5. The van der Waals surface area contributed by atoms with Crippen molar-refractivity contribution in [2.45, 2.75) is 70.4 Å². The van der Waals surface area contributed by atoms with Crippen LogP contribution in [0.25, 0.3) is 0 Å². The van der Waals surface area contributed by atoms with Crippen LogP contribution in [0.1, 0.15) is 82.4 Å². The monoisotopic (exact) mass is 605 g/mol. The molecular weight excluding hydrogens is 574 g/mol. The van der Waals surface area contributed by atoms with Gasteiger partial charge in [-0.05, 0) is 95.4 Å². The Labute approximate surface area is 242 Å². The minimum absolute atomic E-state index is 0.0266. The van der Waals surface area contributed by atoms with E-state index in [1.165, 1.54) is 29.7 Å². The normalized spacial score (nSPS) is 15.5. The molecule has 0 radical (unpaired) electrons. The Balaban J connectivity index is 1.36. The number of nitrogens with one attached hydrogen (secondary N) is 1. The van der Waals surface area contributed by atoms with Crippen LogP contribution in [-0.4, -0.2) is 25.3 Å². The van der Waals surface area contributed by atoms with Gasteiger partial charge in [-0.1, -0.05) is 31.4 Å². The van der Waals surface area contributed by atoms with Crippen molar-refractivity contribution in [3.05, 3.63) is 73.6 Å². The minimum Gasteiger partial charge on any atom is -0.493 e. The Morgan fingerprint density at radius 1 is 1.15 bits per heavy atom. The first-order valence-corrected chi connectivity index (χ1v) is 15.2. The number of thiophene rings is 1. The topological polar surface area (TPSA) is 83.7 Å². The number of aryl methyl sites for hydroxylation is 1. The summed E-state index contributed by atoms with van der Waals surface area (Å²) >= 11 is 5.28. The van der Waals surface area contributed by atoms with Crippen LogP contribution in [-0.2, 0) is 19.4 Å². The van der Waals surface area contributed by atoms with E-state index in [0.717, 1.165) is 64.7 Å². The van der Waals surface area contributed by atoms with E-state index in [-0.39, 0.29) is 11.9 Å². The lowest BCUT2D eigenvalue weighted by Crippen LogP contribution is -2.36. The number of nitrogens with zero attached hydrogens (tertiary/aromatic N) is 2. The van der Waals surface area contributed by atoms with Crippen LogP contribution in [0.4, 0.5) is 5.00 Å². The second-order valence-electron chi connectivity index (χ2n) is 10.1. The summed E-state index contributed by atoms with van der Waals surface area (Å²) in [6, 6.07) is 13.5. The van der Waals surface area contributed by atoms with Crippen LogP contribution < -0.4 is 14.8 Å². The molecule has 0 atom stereocenters.